The summed E-state index contributed by atoms with van der Waals surface area (Å²) >= 11 is 0. The molecule has 1 aromatic heterocycles. The molecule has 0 spiro atoms. The summed E-state index contributed by atoms with van der Waals surface area (Å²) in [5, 5.41) is 12.9. The molecule has 0 saturated carbocycles. The Morgan fingerprint density at radius 3 is 2.27 bits per heavy atom. The van der Waals surface area contributed by atoms with E-state index in [-0.39, 0.29) is 24.1 Å². The average Bonchev–Trinajstić information content (AvgIpc) is 2.90. The summed E-state index contributed by atoms with van der Waals surface area (Å²) in [6.07, 6.45) is 1.73. The molecule has 1 saturated heterocycles. The zero-order valence-corrected chi connectivity index (χ0v) is 21.5. The molecule has 2 aromatic carbocycles. The quantitative estimate of drug-likeness (QED) is 0.412. The number of aromatic amines is 1. The Kier molecular flexibility index (Phi) is 8.88. The van der Waals surface area contributed by atoms with Crippen LogP contribution in [0, 0.1) is 11.8 Å². The van der Waals surface area contributed by atoms with Crippen LogP contribution in [0.1, 0.15) is 40.8 Å². The van der Waals surface area contributed by atoms with Gasteiger partial charge in [0.25, 0.3) is 5.56 Å². The predicted octanol–water partition coefficient (Wildman–Crippen LogP) is 1.90. The molecule has 192 valence electrons. The number of carbonyl (C=O) groups is 1. The molecule has 0 aliphatic carbocycles. The van der Waals surface area contributed by atoms with Crippen LogP contribution in [-0.2, 0) is 28.6 Å². The van der Waals surface area contributed by atoms with Crippen LogP contribution < -0.4 is 10.9 Å². The van der Waals surface area contributed by atoms with Crippen molar-refractivity contribution >= 4 is 16.7 Å². The summed E-state index contributed by atoms with van der Waals surface area (Å²) in [6, 6.07) is 16.0. The first-order valence-electron chi connectivity index (χ1n) is 12.2. The highest BCUT2D eigenvalue weighted by Gasteiger charge is 2.20. The van der Waals surface area contributed by atoms with E-state index in [1.54, 1.807) is 0 Å². The first-order chi connectivity index (χ1) is 17.9. The van der Waals surface area contributed by atoms with Crippen molar-refractivity contribution in [2.45, 2.75) is 25.8 Å². The van der Waals surface area contributed by atoms with Gasteiger partial charge in [-0.2, -0.15) is 0 Å². The average molecular weight is 519 g/mol. The van der Waals surface area contributed by atoms with Crippen LogP contribution in [0.5, 0.6) is 5.75 Å². The first-order valence-corrected chi connectivity index (χ1v) is 13.6. The zero-order valence-electron chi connectivity index (χ0n) is 20.7. The Bertz CT molecular complexity index is 1360. The van der Waals surface area contributed by atoms with Gasteiger partial charge in [0.15, 0.2) is 0 Å². The summed E-state index contributed by atoms with van der Waals surface area (Å²) in [5.41, 5.74) is 3.62. The van der Waals surface area contributed by atoms with Gasteiger partial charge in [-0.25, -0.2) is 4.98 Å². The molecule has 1 fully saturated rings. The minimum Gasteiger partial charge on any atom is -0.502 e. The molecule has 8 nitrogen and oxygen atoms in total. The lowest BCUT2D eigenvalue weighted by Crippen LogP contribution is -2.37. The van der Waals surface area contributed by atoms with Crippen LogP contribution >= 0.6 is 0 Å². The molecule has 3 aromatic rings. The van der Waals surface area contributed by atoms with Crippen molar-refractivity contribution in [3.8, 4) is 17.6 Å². The topological polar surface area (TPSA) is 115 Å². The Morgan fingerprint density at radius 1 is 1.08 bits per heavy atom. The van der Waals surface area contributed by atoms with Crippen LogP contribution in [-0.4, -0.2) is 61.2 Å². The fraction of sp³-hybridized carbons (Fsp3) is 0.321. The summed E-state index contributed by atoms with van der Waals surface area (Å²) < 4.78 is 11.5. The summed E-state index contributed by atoms with van der Waals surface area (Å²) in [7, 11) is -0.662. The van der Waals surface area contributed by atoms with Gasteiger partial charge in [-0.15, -0.1) is 0 Å². The van der Waals surface area contributed by atoms with Crippen LogP contribution in [0.15, 0.2) is 59.7 Å². The van der Waals surface area contributed by atoms with E-state index in [2.05, 4.69) is 44.2 Å². The second-order valence-corrected chi connectivity index (χ2v) is 10.8. The summed E-state index contributed by atoms with van der Waals surface area (Å²) in [5.74, 6) is 6.90. The molecule has 2 heterocycles. The Morgan fingerprint density at radius 2 is 1.68 bits per heavy atom. The maximum absolute atomic E-state index is 11.8. The molecule has 1 unspecified atom stereocenters. The number of hydrogen-bond donors (Lipinski definition) is 3. The SMILES string of the molecule is CC(=O)NCC(Cc1ccc(C#Cc2ccc(CN3CCS(=O)CC3)cc2)cc1)c1nc[nH]c(=O)c1O. The van der Waals surface area contributed by atoms with Gasteiger partial charge in [-0.3, -0.25) is 18.7 Å². The van der Waals surface area contributed by atoms with E-state index >= 15 is 0 Å². The highest BCUT2D eigenvalue weighted by atomic mass is 32.2. The van der Waals surface area contributed by atoms with Crippen molar-refractivity contribution in [1.82, 2.24) is 20.2 Å². The summed E-state index contributed by atoms with van der Waals surface area (Å²) in [4.78, 5) is 32.1. The van der Waals surface area contributed by atoms with E-state index < -0.39 is 22.1 Å². The molecule has 1 aliphatic heterocycles. The third-order valence-corrected chi connectivity index (χ3v) is 7.53. The lowest BCUT2D eigenvalue weighted by atomic mass is 9.94. The molecule has 0 radical (unpaired) electrons. The maximum Gasteiger partial charge on any atom is 0.293 e. The number of aromatic hydroxyl groups is 1. The number of carbonyl (C=O) groups excluding carboxylic acids is 1. The van der Waals surface area contributed by atoms with E-state index in [1.165, 1.54) is 18.8 Å². The predicted molar refractivity (Wildman–Crippen MR) is 144 cm³/mol. The van der Waals surface area contributed by atoms with Gasteiger partial charge in [0, 0.05) is 72.5 Å². The maximum atomic E-state index is 11.8. The fourth-order valence-corrected chi connectivity index (χ4v) is 5.30. The number of nitrogens with one attached hydrogen (secondary N) is 2. The Balaban J connectivity index is 1.39. The lowest BCUT2D eigenvalue weighted by molar-refractivity contribution is -0.119. The Hall–Kier alpha value is -3.74. The number of H-pyrrole nitrogens is 1. The largest absolute Gasteiger partial charge is 0.502 e. The first kappa shape index (κ1) is 26.3. The van der Waals surface area contributed by atoms with E-state index in [1.807, 2.05) is 36.4 Å². The van der Waals surface area contributed by atoms with Crippen molar-refractivity contribution in [1.29, 1.82) is 0 Å². The van der Waals surface area contributed by atoms with E-state index in [9.17, 15) is 18.9 Å². The van der Waals surface area contributed by atoms with Gasteiger partial charge >= 0.3 is 0 Å². The number of hydrogen-bond acceptors (Lipinski definition) is 6. The van der Waals surface area contributed by atoms with Gasteiger partial charge in [0.05, 0.1) is 12.0 Å². The van der Waals surface area contributed by atoms with Crippen molar-refractivity contribution < 1.29 is 14.1 Å². The monoisotopic (exact) mass is 518 g/mol. The van der Waals surface area contributed by atoms with Crippen molar-refractivity contribution in [2.24, 2.45) is 0 Å². The van der Waals surface area contributed by atoms with Crippen LogP contribution in [0.4, 0.5) is 0 Å². The number of aromatic nitrogens is 2. The highest BCUT2D eigenvalue weighted by Crippen LogP contribution is 2.23. The molecule has 4 rings (SSSR count). The molecule has 1 amide bonds. The van der Waals surface area contributed by atoms with Gasteiger partial charge < -0.3 is 15.4 Å². The molecule has 0 bridgehead atoms. The number of nitrogens with zero attached hydrogens (tertiary/aromatic N) is 2. The van der Waals surface area contributed by atoms with E-state index in [0.717, 1.165) is 47.8 Å². The second-order valence-electron chi connectivity index (χ2n) is 9.07. The number of rotatable bonds is 7. The van der Waals surface area contributed by atoms with Crippen molar-refractivity contribution in [2.75, 3.05) is 31.1 Å². The van der Waals surface area contributed by atoms with Gasteiger partial charge in [0.1, 0.15) is 0 Å². The van der Waals surface area contributed by atoms with Gasteiger partial charge in [-0.1, -0.05) is 36.1 Å². The molecule has 1 aliphatic rings. The van der Waals surface area contributed by atoms with E-state index in [0.29, 0.717) is 6.42 Å². The molecular weight excluding hydrogens is 488 g/mol. The molecule has 9 heteroatoms. The van der Waals surface area contributed by atoms with Crippen LogP contribution in [0.25, 0.3) is 0 Å². The highest BCUT2D eigenvalue weighted by molar-refractivity contribution is 7.85. The fourth-order valence-electron chi connectivity index (χ4n) is 4.18. The normalized spacial score (nSPS) is 14.9. The number of benzene rings is 2. The molecular formula is C28H30N4O4S. The standard InChI is InChI=1S/C28H30N4O4S/c1-20(33)29-17-25(26-27(34)28(35)31-19-30-26)16-23-8-4-21(5-9-23)2-3-22-6-10-24(11-7-22)18-32-12-14-37(36)15-13-32/h4-11,19,25,34H,12-18H2,1H3,(H,29,33)(H,30,31,35). The smallest absolute Gasteiger partial charge is 0.293 e. The van der Waals surface area contributed by atoms with Crippen LogP contribution in [0.2, 0.25) is 0 Å². The zero-order chi connectivity index (χ0) is 26.2. The van der Waals surface area contributed by atoms with Crippen LogP contribution in [0.3, 0.4) is 0 Å². The minimum absolute atomic E-state index is 0.197. The third-order valence-electron chi connectivity index (χ3n) is 6.26. The number of amides is 1. The van der Waals surface area contributed by atoms with Gasteiger partial charge in [-0.05, 0) is 41.8 Å². The lowest BCUT2D eigenvalue weighted by Gasteiger charge is -2.26. The minimum atomic E-state index is -0.662. The molecule has 1 atom stereocenters. The second kappa shape index (κ2) is 12.5. The summed E-state index contributed by atoms with van der Waals surface area (Å²) in [6.45, 7) is 4.27. The molecule has 3 N–H and O–H groups in total. The van der Waals surface area contributed by atoms with Crippen molar-refractivity contribution in [3.05, 3.63) is 93.2 Å². The van der Waals surface area contributed by atoms with Gasteiger partial charge in [0.2, 0.25) is 11.7 Å². The Labute approximate surface area is 218 Å². The molecule has 37 heavy (non-hydrogen) atoms. The van der Waals surface area contributed by atoms with E-state index in [4.69, 9.17) is 0 Å². The third kappa shape index (κ3) is 7.62. The van der Waals surface area contributed by atoms with Crippen molar-refractivity contribution in [3.63, 3.8) is 0 Å².